The quantitative estimate of drug-likeness (QED) is 0.607. The molecular weight excluding hydrogens is 319 g/mol. The Labute approximate surface area is 138 Å². The molecule has 1 aromatic heterocycles. The molecule has 0 aliphatic carbocycles. The van der Waals surface area contributed by atoms with Crippen LogP contribution in [-0.4, -0.2) is 9.55 Å². The van der Waals surface area contributed by atoms with Crippen molar-refractivity contribution in [2.24, 2.45) is 0 Å². The van der Waals surface area contributed by atoms with Gasteiger partial charge in [0.15, 0.2) is 0 Å². The van der Waals surface area contributed by atoms with Crippen LogP contribution in [0, 0.1) is 0 Å². The van der Waals surface area contributed by atoms with Crippen molar-refractivity contribution in [2.45, 2.75) is 13.2 Å². The number of halogens is 2. The van der Waals surface area contributed by atoms with Crippen molar-refractivity contribution >= 4 is 34.2 Å². The number of hydrogen-bond acceptors (Lipinski definition) is 2. The highest BCUT2D eigenvalue weighted by Gasteiger charge is 2.11. The molecular formula is C17H14Cl2N2O. The van der Waals surface area contributed by atoms with Crippen LogP contribution in [0.3, 0.4) is 0 Å². The summed E-state index contributed by atoms with van der Waals surface area (Å²) >= 11 is 12.0. The second-order valence-corrected chi connectivity index (χ2v) is 5.62. The first-order chi connectivity index (χ1) is 10.7. The van der Waals surface area contributed by atoms with E-state index in [9.17, 15) is 0 Å². The molecule has 0 saturated heterocycles. The van der Waals surface area contributed by atoms with E-state index < -0.39 is 0 Å². The zero-order chi connectivity index (χ0) is 15.5. The zero-order valence-corrected chi connectivity index (χ0v) is 13.3. The van der Waals surface area contributed by atoms with Gasteiger partial charge in [0.1, 0.15) is 18.2 Å². The van der Waals surface area contributed by atoms with Crippen LogP contribution in [0.1, 0.15) is 5.82 Å². The maximum absolute atomic E-state index is 6.12. The zero-order valence-electron chi connectivity index (χ0n) is 11.8. The Morgan fingerprint density at radius 2 is 2.00 bits per heavy atom. The Bertz CT molecular complexity index is 827. The number of imidazole rings is 1. The predicted molar refractivity (Wildman–Crippen MR) is 90.7 cm³/mol. The summed E-state index contributed by atoms with van der Waals surface area (Å²) in [5.41, 5.74) is 1.99. The summed E-state index contributed by atoms with van der Waals surface area (Å²) in [6.07, 6.45) is 1.84. The molecule has 0 fully saturated rings. The van der Waals surface area contributed by atoms with E-state index in [1.54, 1.807) is 18.2 Å². The third-order valence-electron chi connectivity index (χ3n) is 3.30. The van der Waals surface area contributed by atoms with E-state index in [-0.39, 0.29) is 0 Å². The average molecular weight is 333 g/mol. The van der Waals surface area contributed by atoms with Gasteiger partial charge in [0.05, 0.1) is 16.1 Å². The molecule has 1 heterocycles. The molecule has 112 valence electrons. The van der Waals surface area contributed by atoms with E-state index in [2.05, 4.69) is 16.1 Å². The number of aromatic nitrogens is 2. The Balaban J connectivity index is 1.89. The van der Waals surface area contributed by atoms with Gasteiger partial charge in [-0.15, -0.1) is 6.58 Å². The lowest BCUT2D eigenvalue weighted by atomic mass is 10.3. The fraction of sp³-hybridized carbons (Fsp3) is 0.118. The van der Waals surface area contributed by atoms with Crippen molar-refractivity contribution in [3.05, 3.63) is 71.0 Å². The summed E-state index contributed by atoms with van der Waals surface area (Å²) in [7, 11) is 0. The van der Waals surface area contributed by atoms with Crippen LogP contribution in [0.2, 0.25) is 10.0 Å². The van der Waals surface area contributed by atoms with Crippen LogP contribution in [0.5, 0.6) is 5.75 Å². The number of ether oxygens (including phenoxy) is 1. The van der Waals surface area contributed by atoms with Crippen LogP contribution < -0.4 is 4.74 Å². The topological polar surface area (TPSA) is 27.1 Å². The number of rotatable bonds is 5. The van der Waals surface area contributed by atoms with Crippen LogP contribution in [0.4, 0.5) is 0 Å². The van der Waals surface area contributed by atoms with E-state index in [0.717, 1.165) is 16.9 Å². The fourth-order valence-electron chi connectivity index (χ4n) is 2.30. The summed E-state index contributed by atoms with van der Waals surface area (Å²) in [6, 6.07) is 13.1. The molecule has 0 atom stereocenters. The van der Waals surface area contributed by atoms with Gasteiger partial charge in [0.2, 0.25) is 0 Å². The van der Waals surface area contributed by atoms with Crippen molar-refractivity contribution in [1.29, 1.82) is 0 Å². The average Bonchev–Trinajstić information content (AvgIpc) is 2.85. The molecule has 0 amide bonds. The molecule has 0 spiro atoms. The Hall–Kier alpha value is -1.97. The monoisotopic (exact) mass is 332 g/mol. The maximum atomic E-state index is 6.12. The normalized spacial score (nSPS) is 10.8. The molecule has 0 aliphatic rings. The lowest BCUT2D eigenvalue weighted by Crippen LogP contribution is -2.06. The van der Waals surface area contributed by atoms with Crippen molar-refractivity contribution < 1.29 is 4.74 Å². The van der Waals surface area contributed by atoms with Gasteiger partial charge >= 0.3 is 0 Å². The number of nitrogens with zero attached hydrogens (tertiary/aromatic N) is 2. The second kappa shape index (κ2) is 6.42. The molecule has 2 aromatic carbocycles. The van der Waals surface area contributed by atoms with Gasteiger partial charge in [0.25, 0.3) is 0 Å². The standard InChI is InChI=1S/C17H14Cl2N2O/c1-2-9-21-15-6-4-3-5-14(15)20-17(21)11-22-16-8-7-12(18)10-13(16)19/h2-8,10H,1,9,11H2. The summed E-state index contributed by atoms with van der Waals surface area (Å²) in [5, 5.41) is 1.06. The van der Waals surface area contributed by atoms with Crippen LogP contribution in [0.15, 0.2) is 55.1 Å². The van der Waals surface area contributed by atoms with Crippen LogP contribution in [-0.2, 0) is 13.2 Å². The van der Waals surface area contributed by atoms with Gasteiger partial charge in [-0.25, -0.2) is 4.98 Å². The van der Waals surface area contributed by atoms with Crippen LogP contribution >= 0.6 is 23.2 Å². The van der Waals surface area contributed by atoms with E-state index in [1.807, 2.05) is 30.3 Å². The molecule has 3 nitrogen and oxygen atoms in total. The minimum atomic E-state index is 0.323. The third-order valence-corrected chi connectivity index (χ3v) is 3.83. The minimum absolute atomic E-state index is 0.323. The predicted octanol–water partition coefficient (Wildman–Crippen LogP) is 5.11. The van der Waals surface area contributed by atoms with Gasteiger partial charge in [0, 0.05) is 11.6 Å². The molecule has 0 radical (unpaired) electrons. The molecule has 5 heteroatoms. The second-order valence-electron chi connectivity index (χ2n) is 4.78. The first kappa shape index (κ1) is 14.9. The van der Waals surface area contributed by atoms with Gasteiger partial charge in [-0.2, -0.15) is 0 Å². The number of para-hydroxylation sites is 2. The van der Waals surface area contributed by atoms with Gasteiger partial charge in [-0.1, -0.05) is 41.4 Å². The molecule has 3 rings (SSSR count). The minimum Gasteiger partial charge on any atom is -0.484 e. The van der Waals surface area contributed by atoms with Crippen molar-refractivity contribution in [3.8, 4) is 5.75 Å². The third kappa shape index (κ3) is 2.96. The maximum Gasteiger partial charge on any atom is 0.148 e. The molecule has 0 unspecified atom stereocenters. The molecule has 0 bridgehead atoms. The lowest BCUT2D eigenvalue weighted by molar-refractivity contribution is 0.291. The van der Waals surface area contributed by atoms with Gasteiger partial charge in [-0.05, 0) is 30.3 Å². The van der Waals surface area contributed by atoms with E-state index >= 15 is 0 Å². The van der Waals surface area contributed by atoms with Gasteiger partial charge in [-0.3, -0.25) is 0 Å². The molecule has 22 heavy (non-hydrogen) atoms. The number of benzene rings is 2. The summed E-state index contributed by atoms with van der Waals surface area (Å²) < 4.78 is 7.86. The first-order valence-electron chi connectivity index (χ1n) is 6.82. The Morgan fingerprint density at radius 3 is 2.77 bits per heavy atom. The summed E-state index contributed by atoms with van der Waals surface area (Å²) in [6.45, 7) is 4.80. The van der Waals surface area contributed by atoms with Crippen LogP contribution in [0.25, 0.3) is 11.0 Å². The number of hydrogen-bond donors (Lipinski definition) is 0. The highest BCUT2D eigenvalue weighted by molar-refractivity contribution is 6.35. The molecule has 0 saturated carbocycles. The molecule has 0 N–H and O–H groups in total. The highest BCUT2D eigenvalue weighted by Crippen LogP contribution is 2.28. The van der Waals surface area contributed by atoms with E-state index in [1.165, 1.54) is 0 Å². The lowest BCUT2D eigenvalue weighted by Gasteiger charge is -2.10. The summed E-state index contributed by atoms with van der Waals surface area (Å²) in [5.74, 6) is 1.41. The largest absolute Gasteiger partial charge is 0.484 e. The van der Waals surface area contributed by atoms with E-state index in [0.29, 0.717) is 28.9 Å². The van der Waals surface area contributed by atoms with Gasteiger partial charge < -0.3 is 9.30 Å². The Kier molecular flexibility index (Phi) is 4.36. The smallest absolute Gasteiger partial charge is 0.148 e. The van der Waals surface area contributed by atoms with E-state index in [4.69, 9.17) is 27.9 Å². The van der Waals surface area contributed by atoms with Crippen molar-refractivity contribution in [1.82, 2.24) is 9.55 Å². The highest BCUT2D eigenvalue weighted by atomic mass is 35.5. The SMILES string of the molecule is C=CCn1c(COc2ccc(Cl)cc2Cl)nc2ccccc21. The van der Waals surface area contributed by atoms with Crippen molar-refractivity contribution in [3.63, 3.8) is 0 Å². The van der Waals surface area contributed by atoms with Crippen molar-refractivity contribution in [2.75, 3.05) is 0 Å². The number of allylic oxidation sites excluding steroid dienone is 1. The summed E-state index contributed by atoms with van der Waals surface area (Å²) in [4.78, 5) is 4.61. The number of fused-ring (bicyclic) bond motifs is 1. The fourth-order valence-corrected chi connectivity index (χ4v) is 2.77. The first-order valence-corrected chi connectivity index (χ1v) is 7.57. The Morgan fingerprint density at radius 1 is 1.18 bits per heavy atom. The molecule has 3 aromatic rings. The molecule has 0 aliphatic heterocycles.